The zero-order valence-electron chi connectivity index (χ0n) is 9.50. The first-order valence-corrected chi connectivity index (χ1v) is 4.75. The molecule has 1 N–H and O–H groups in total. The van der Waals surface area contributed by atoms with Crippen LogP contribution in [0.3, 0.4) is 0 Å². The smallest absolute Gasteiger partial charge is 0.0402 e. The number of hydrogen-bond acceptors (Lipinski definition) is 1. The Hall–Kier alpha value is -0.980. The highest BCUT2D eigenvalue weighted by molar-refractivity contribution is 5.64. The van der Waals surface area contributed by atoms with Gasteiger partial charge in [-0.3, -0.25) is 0 Å². The molecule has 0 atom stereocenters. The molecule has 0 radical (unpaired) electrons. The second-order valence-electron chi connectivity index (χ2n) is 3.75. The van der Waals surface area contributed by atoms with Crippen LogP contribution in [0.25, 0.3) is 0 Å². The Morgan fingerprint density at radius 3 is 1.23 bits per heavy atom. The Kier molecular flexibility index (Phi) is 2.65. The van der Waals surface area contributed by atoms with Crippen LogP contribution in [-0.2, 0) is 0 Å². The lowest BCUT2D eigenvalue weighted by molar-refractivity contribution is 1.17. The summed E-state index contributed by atoms with van der Waals surface area (Å²) < 4.78 is 0. The van der Waals surface area contributed by atoms with Gasteiger partial charge in [-0.1, -0.05) is 0 Å². The SMILES string of the molecule is CNc1c(C)c(C)c(C)c(C)c1C. The van der Waals surface area contributed by atoms with E-state index in [0.717, 1.165) is 0 Å². The summed E-state index contributed by atoms with van der Waals surface area (Å²) in [6, 6.07) is 0. The third kappa shape index (κ3) is 1.43. The highest BCUT2D eigenvalue weighted by Gasteiger charge is 2.09. The molecule has 13 heavy (non-hydrogen) atoms. The summed E-state index contributed by atoms with van der Waals surface area (Å²) >= 11 is 0. The second kappa shape index (κ2) is 3.41. The molecule has 0 saturated carbocycles. The third-order valence-electron chi connectivity index (χ3n) is 3.25. The van der Waals surface area contributed by atoms with Gasteiger partial charge < -0.3 is 5.32 Å². The summed E-state index contributed by atoms with van der Waals surface area (Å²) in [5.41, 5.74) is 8.29. The van der Waals surface area contributed by atoms with Crippen LogP contribution < -0.4 is 5.32 Å². The topological polar surface area (TPSA) is 12.0 Å². The summed E-state index contributed by atoms with van der Waals surface area (Å²) in [6.45, 7) is 10.9. The van der Waals surface area contributed by atoms with Crippen LogP contribution >= 0.6 is 0 Å². The van der Waals surface area contributed by atoms with Crippen molar-refractivity contribution in [1.82, 2.24) is 0 Å². The van der Waals surface area contributed by atoms with Crippen LogP contribution in [0, 0.1) is 34.6 Å². The van der Waals surface area contributed by atoms with Crippen LogP contribution in [0.2, 0.25) is 0 Å². The molecule has 0 amide bonds. The average Bonchev–Trinajstić information content (AvgIpc) is 2.13. The van der Waals surface area contributed by atoms with E-state index in [4.69, 9.17) is 0 Å². The molecule has 0 aliphatic heterocycles. The lowest BCUT2D eigenvalue weighted by Crippen LogP contribution is -2.02. The molecule has 1 heteroatoms. The van der Waals surface area contributed by atoms with Gasteiger partial charge in [0.15, 0.2) is 0 Å². The van der Waals surface area contributed by atoms with E-state index < -0.39 is 0 Å². The van der Waals surface area contributed by atoms with E-state index in [9.17, 15) is 0 Å². The standard InChI is InChI=1S/C12H19N/c1-7-8(2)10(4)12(13-6)11(5)9(7)3/h13H,1-6H3. The highest BCUT2D eigenvalue weighted by Crippen LogP contribution is 2.29. The summed E-state index contributed by atoms with van der Waals surface area (Å²) in [5.74, 6) is 0. The number of nitrogens with one attached hydrogen (secondary N) is 1. The Morgan fingerprint density at radius 2 is 0.923 bits per heavy atom. The minimum atomic E-state index is 1.29. The molecule has 0 spiro atoms. The molecule has 72 valence electrons. The quantitative estimate of drug-likeness (QED) is 0.694. The van der Waals surface area contributed by atoms with Crippen LogP contribution in [0.1, 0.15) is 27.8 Å². The van der Waals surface area contributed by atoms with Gasteiger partial charge in [0.25, 0.3) is 0 Å². The van der Waals surface area contributed by atoms with Crippen LogP contribution in [-0.4, -0.2) is 7.05 Å². The van der Waals surface area contributed by atoms with Gasteiger partial charge in [0.2, 0.25) is 0 Å². The van der Waals surface area contributed by atoms with Crippen molar-refractivity contribution in [2.24, 2.45) is 0 Å². The maximum Gasteiger partial charge on any atom is 0.0402 e. The Balaban J connectivity index is 3.56. The summed E-state index contributed by atoms with van der Waals surface area (Å²) in [5, 5.41) is 3.27. The molecule has 0 aromatic heterocycles. The average molecular weight is 177 g/mol. The van der Waals surface area contributed by atoms with Crippen LogP contribution in [0.4, 0.5) is 5.69 Å². The van der Waals surface area contributed by atoms with Gasteiger partial charge in [0, 0.05) is 12.7 Å². The molecular weight excluding hydrogens is 158 g/mol. The van der Waals surface area contributed by atoms with Gasteiger partial charge in [-0.2, -0.15) is 0 Å². The van der Waals surface area contributed by atoms with Gasteiger partial charge in [0.1, 0.15) is 0 Å². The lowest BCUT2D eigenvalue weighted by atomic mass is 9.93. The summed E-state index contributed by atoms with van der Waals surface area (Å²) in [4.78, 5) is 0. The van der Waals surface area contributed by atoms with Gasteiger partial charge in [-0.15, -0.1) is 0 Å². The summed E-state index contributed by atoms with van der Waals surface area (Å²) in [6.07, 6.45) is 0. The highest BCUT2D eigenvalue weighted by atomic mass is 14.8. The maximum atomic E-state index is 3.27. The molecule has 0 unspecified atom stereocenters. The Bertz CT molecular complexity index is 308. The fraction of sp³-hybridized carbons (Fsp3) is 0.500. The van der Waals surface area contributed by atoms with Crippen molar-refractivity contribution in [2.75, 3.05) is 12.4 Å². The molecule has 1 rings (SSSR count). The van der Waals surface area contributed by atoms with E-state index in [1.54, 1.807) is 0 Å². The van der Waals surface area contributed by atoms with Crippen molar-refractivity contribution in [3.8, 4) is 0 Å². The van der Waals surface area contributed by atoms with Crippen molar-refractivity contribution in [1.29, 1.82) is 0 Å². The van der Waals surface area contributed by atoms with Gasteiger partial charge >= 0.3 is 0 Å². The second-order valence-corrected chi connectivity index (χ2v) is 3.75. The monoisotopic (exact) mass is 177 g/mol. The molecule has 0 fully saturated rings. The van der Waals surface area contributed by atoms with E-state index in [0.29, 0.717) is 0 Å². The first-order chi connectivity index (χ1) is 6.00. The number of hydrogen-bond donors (Lipinski definition) is 1. The Morgan fingerprint density at radius 1 is 0.615 bits per heavy atom. The number of anilines is 1. The minimum Gasteiger partial charge on any atom is -0.388 e. The van der Waals surface area contributed by atoms with Crippen LogP contribution in [0.15, 0.2) is 0 Å². The molecule has 1 aromatic carbocycles. The molecule has 1 aromatic rings. The fourth-order valence-electron chi connectivity index (χ4n) is 1.88. The van der Waals surface area contributed by atoms with Crippen molar-refractivity contribution >= 4 is 5.69 Å². The van der Waals surface area contributed by atoms with E-state index in [-0.39, 0.29) is 0 Å². The first kappa shape index (κ1) is 10.1. The van der Waals surface area contributed by atoms with Gasteiger partial charge in [-0.05, 0) is 62.4 Å². The van der Waals surface area contributed by atoms with Crippen LogP contribution in [0.5, 0.6) is 0 Å². The van der Waals surface area contributed by atoms with Crippen molar-refractivity contribution in [3.63, 3.8) is 0 Å². The van der Waals surface area contributed by atoms with Crippen molar-refractivity contribution < 1.29 is 0 Å². The minimum absolute atomic E-state index is 1.29. The Labute approximate surface area is 81.2 Å². The van der Waals surface area contributed by atoms with E-state index in [1.807, 2.05) is 7.05 Å². The number of rotatable bonds is 1. The van der Waals surface area contributed by atoms with E-state index in [2.05, 4.69) is 39.9 Å². The third-order valence-corrected chi connectivity index (χ3v) is 3.25. The maximum absolute atomic E-state index is 3.27. The predicted octanol–water partition coefficient (Wildman–Crippen LogP) is 3.27. The first-order valence-electron chi connectivity index (χ1n) is 4.75. The molecular formula is C12H19N. The lowest BCUT2D eigenvalue weighted by Gasteiger charge is -2.17. The van der Waals surface area contributed by atoms with Crippen molar-refractivity contribution in [3.05, 3.63) is 27.8 Å². The molecule has 0 heterocycles. The van der Waals surface area contributed by atoms with Gasteiger partial charge in [0.05, 0.1) is 0 Å². The van der Waals surface area contributed by atoms with E-state index >= 15 is 0 Å². The molecule has 0 saturated heterocycles. The fourth-order valence-corrected chi connectivity index (χ4v) is 1.88. The molecule has 0 aliphatic carbocycles. The number of benzene rings is 1. The van der Waals surface area contributed by atoms with E-state index in [1.165, 1.54) is 33.5 Å². The summed E-state index contributed by atoms with van der Waals surface area (Å²) in [7, 11) is 1.99. The zero-order chi connectivity index (χ0) is 10.2. The molecule has 0 bridgehead atoms. The largest absolute Gasteiger partial charge is 0.388 e. The van der Waals surface area contributed by atoms with Crippen molar-refractivity contribution in [2.45, 2.75) is 34.6 Å². The zero-order valence-corrected chi connectivity index (χ0v) is 9.50. The predicted molar refractivity (Wildman–Crippen MR) is 59.7 cm³/mol. The molecule has 0 aliphatic rings. The normalized spacial score (nSPS) is 10.3. The molecule has 1 nitrogen and oxygen atoms in total. The van der Waals surface area contributed by atoms with Gasteiger partial charge in [-0.25, -0.2) is 0 Å².